The van der Waals surface area contributed by atoms with Crippen LogP contribution in [0.4, 0.5) is 22.0 Å². The monoisotopic (exact) mass is 522 g/mol. The van der Waals surface area contributed by atoms with E-state index in [9.17, 15) is 31.5 Å². The van der Waals surface area contributed by atoms with Crippen LogP contribution in [-0.4, -0.2) is 18.5 Å². The highest BCUT2D eigenvalue weighted by molar-refractivity contribution is 5.99. The summed E-state index contributed by atoms with van der Waals surface area (Å²) in [6.07, 6.45) is 16.3. The third-order valence-corrected chi connectivity index (χ3v) is 6.12. The molecule has 0 radical (unpaired) electrons. The highest BCUT2D eigenvalue weighted by atomic mass is 19.2. The number of rotatable bonds is 18. The maximum absolute atomic E-state index is 13.7. The van der Waals surface area contributed by atoms with Crippen molar-refractivity contribution in [3.63, 3.8) is 0 Å². The van der Waals surface area contributed by atoms with Crippen molar-refractivity contribution >= 4 is 11.9 Å². The average Bonchev–Trinajstić information content (AvgIpc) is 2.86. The first-order chi connectivity index (χ1) is 17.1. The van der Waals surface area contributed by atoms with Crippen molar-refractivity contribution < 1.29 is 41.0 Å². The second-order valence-corrected chi connectivity index (χ2v) is 9.65. The fourth-order valence-corrected chi connectivity index (χ4v) is 3.62. The van der Waals surface area contributed by atoms with Crippen LogP contribution in [-0.2, 0) is 14.3 Å². The zero-order chi connectivity index (χ0) is 27.1. The number of unbranched alkanes of at least 4 members (excludes halogenated alkanes) is 13. The van der Waals surface area contributed by atoms with Crippen molar-refractivity contribution in [1.82, 2.24) is 0 Å². The van der Waals surface area contributed by atoms with Gasteiger partial charge in [0.2, 0.25) is 34.8 Å². The van der Waals surface area contributed by atoms with Gasteiger partial charge >= 0.3 is 11.9 Å². The van der Waals surface area contributed by atoms with E-state index in [-0.39, 0.29) is 6.61 Å². The third-order valence-electron chi connectivity index (χ3n) is 6.12. The number of ether oxygens (including phenoxy) is 2. The van der Waals surface area contributed by atoms with E-state index >= 15 is 0 Å². The van der Waals surface area contributed by atoms with Crippen molar-refractivity contribution in [3.05, 3.63) is 29.1 Å². The van der Waals surface area contributed by atoms with E-state index in [1.807, 2.05) is 0 Å². The van der Waals surface area contributed by atoms with Crippen LogP contribution in [0, 0.1) is 34.5 Å². The lowest BCUT2D eigenvalue weighted by Gasteiger charge is -2.21. The highest BCUT2D eigenvalue weighted by Crippen LogP contribution is 2.31. The van der Waals surface area contributed by atoms with Crippen LogP contribution in [0.3, 0.4) is 0 Å². The van der Waals surface area contributed by atoms with E-state index in [1.54, 1.807) is 0 Å². The molecule has 36 heavy (non-hydrogen) atoms. The number of hydrogen-bond donors (Lipinski definition) is 0. The van der Waals surface area contributed by atoms with Gasteiger partial charge in [-0.05, 0) is 20.3 Å². The Balaban J connectivity index is 2.25. The molecule has 206 valence electrons. The lowest BCUT2D eigenvalue weighted by Crippen LogP contribution is -2.38. The van der Waals surface area contributed by atoms with Gasteiger partial charge in [0.1, 0.15) is 0 Å². The number of carbonyl (C=O) groups is 2. The number of carbonyl (C=O) groups excluding carboxylic acids is 2. The third kappa shape index (κ3) is 10.1. The van der Waals surface area contributed by atoms with Crippen LogP contribution >= 0.6 is 0 Å². The zero-order valence-corrected chi connectivity index (χ0v) is 21.6. The van der Waals surface area contributed by atoms with Gasteiger partial charge in [-0.1, -0.05) is 90.4 Å². The maximum atomic E-state index is 13.7. The molecule has 1 aromatic carbocycles. The minimum absolute atomic E-state index is 0.0378. The van der Waals surface area contributed by atoms with Crippen LogP contribution in [0.15, 0.2) is 0 Å². The first-order valence-corrected chi connectivity index (χ1v) is 13.0. The fourth-order valence-electron chi connectivity index (χ4n) is 3.62. The van der Waals surface area contributed by atoms with Crippen LogP contribution in [0.25, 0.3) is 0 Å². The Morgan fingerprint density at radius 3 is 1.36 bits per heavy atom. The topological polar surface area (TPSA) is 52.6 Å². The molecular formula is C27H39F5O4. The summed E-state index contributed by atoms with van der Waals surface area (Å²) in [6.45, 7) is 4.41. The van der Waals surface area contributed by atoms with Crippen molar-refractivity contribution in [2.45, 2.75) is 111 Å². The van der Waals surface area contributed by atoms with E-state index in [0.29, 0.717) is 6.42 Å². The summed E-state index contributed by atoms with van der Waals surface area (Å²) in [5, 5.41) is 0. The van der Waals surface area contributed by atoms with Crippen molar-refractivity contribution in [2.24, 2.45) is 5.41 Å². The van der Waals surface area contributed by atoms with Crippen LogP contribution in [0.5, 0.6) is 5.75 Å². The Bertz CT molecular complexity index is 813. The van der Waals surface area contributed by atoms with Gasteiger partial charge in [0.15, 0.2) is 5.41 Å². The van der Waals surface area contributed by atoms with Crippen LogP contribution in [0.1, 0.15) is 111 Å². The number of benzene rings is 1. The van der Waals surface area contributed by atoms with Crippen molar-refractivity contribution in [1.29, 1.82) is 0 Å². The smallest absolute Gasteiger partial charge is 0.328 e. The molecular weight excluding hydrogens is 483 g/mol. The van der Waals surface area contributed by atoms with Crippen molar-refractivity contribution in [3.8, 4) is 5.75 Å². The summed E-state index contributed by atoms with van der Waals surface area (Å²) >= 11 is 0. The molecule has 0 bridgehead atoms. The predicted molar refractivity (Wildman–Crippen MR) is 127 cm³/mol. The normalized spacial score (nSPS) is 11.6. The molecule has 0 amide bonds. The molecule has 0 heterocycles. The summed E-state index contributed by atoms with van der Waals surface area (Å²) in [5.41, 5.74) is -2.02. The Hall–Kier alpha value is -2.19. The van der Waals surface area contributed by atoms with Crippen LogP contribution < -0.4 is 4.74 Å². The Morgan fingerprint density at radius 1 is 0.583 bits per heavy atom. The van der Waals surface area contributed by atoms with Gasteiger partial charge < -0.3 is 9.47 Å². The van der Waals surface area contributed by atoms with Crippen molar-refractivity contribution in [2.75, 3.05) is 6.61 Å². The lowest BCUT2D eigenvalue weighted by atomic mass is 9.94. The zero-order valence-electron chi connectivity index (χ0n) is 21.6. The number of esters is 2. The van der Waals surface area contributed by atoms with Gasteiger partial charge in [-0.3, -0.25) is 9.59 Å². The first kappa shape index (κ1) is 31.8. The molecule has 0 spiro atoms. The highest BCUT2D eigenvalue weighted by Gasteiger charge is 2.41. The summed E-state index contributed by atoms with van der Waals surface area (Å²) in [7, 11) is 0. The van der Waals surface area contributed by atoms with Gasteiger partial charge in [0.25, 0.3) is 0 Å². The molecule has 0 aliphatic carbocycles. The molecule has 0 aliphatic rings. The summed E-state index contributed by atoms with van der Waals surface area (Å²) in [4.78, 5) is 24.5. The van der Waals surface area contributed by atoms with Gasteiger partial charge in [0, 0.05) is 0 Å². The number of halogens is 5. The van der Waals surface area contributed by atoms with E-state index in [4.69, 9.17) is 4.74 Å². The molecule has 0 unspecified atom stereocenters. The van der Waals surface area contributed by atoms with Gasteiger partial charge in [-0.15, -0.1) is 0 Å². The maximum Gasteiger partial charge on any atom is 0.328 e. The fraction of sp³-hybridized carbons (Fsp3) is 0.704. The van der Waals surface area contributed by atoms with E-state index in [2.05, 4.69) is 11.7 Å². The Labute approximate surface area is 210 Å². The molecule has 0 saturated carbocycles. The van der Waals surface area contributed by atoms with Gasteiger partial charge in [0.05, 0.1) is 6.61 Å². The lowest BCUT2D eigenvalue weighted by molar-refractivity contribution is -0.165. The summed E-state index contributed by atoms with van der Waals surface area (Å²) < 4.78 is 76.7. The second-order valence-electron chi connectivity index (χ2n) is 9.65. The molecule has 0 aliphatic heterocycles. The molecule has 1 aromatic rings. The largest absolute Gasteiger partial charge is 0.465 e. The molecule has 4 nitrogen and oxygen atoms in total. The molecule has 9 heteroatoms. The minimum Gasteiger partial charge on any atom is -0.465 e. The van der Waals surface area contributed by atoms with Gasteiger partial charge in [-0.2, -0.15) is 8.78 Å². The van der Waals surface area contributed by atoms with Crippen LogP contribution in [0.2, 0.25) is 0 Å². The molecule has 0 atom stereocenters. The van der Waals surface area contributed by atoms with E-state index in [1.165, 1.54) is 57.8 Å². The van der Waals surface area contributed by atoms with Gasteiger partial charge in [-0.25, -0.2) is 13.2 Å². The molecule has 0 N–H and O–H groups in total. The minimum atomic E-state index is -2.38. The second kappa shape index (κ2) is 16.5. The average molecular weight is 523 g/mol. The number of hydrogen-bond acceptors (Lipinski definition) is 4. The standard InChI is InChI=1S/C27H39F5O4/c1-4-5-6-7-8-9-10-11-12-13-14-15-16-17-18-35-25(33)27(2,3)26(34)36-24-22(31)20(29)19(28)21(30)23(24)32/h4-18H2,1-3H3. The summed E-state index contributed by atoms with van der Waals surface area (Å²) in [6, 6.07) is 0. The molecule has 0 fully saturated rings. The quantitative estimate of drug-likeness (QED) is 0.0370. The van der Waals surface area contributed by atoms with E-state index in [0.717, 1.165) is 39.5 Å². The van der Waals surface area contributed by atoms with E-state index < -0.39 is 52.2 Å². The molecule has 1 rings (SSSR count). The predicted octanol–water partition coefficient (Wildman–Crippen LogP) is 8.34. The first-order valence-electron chi connectivity index (χ1n) is 13.0. The SMILES string of the molecule is CCCCCCCCCCCCCCCCOC(=O)C(C)(C)C(=O)Oc1c(F)c(F)c(F)c(F)c1F. The Kier molecular flexibility index (Phi) is 14.6. The molecule has 0 aromatic heterocycles. The summed E-state index contributed by atoms with van der Waals surface area (Å²) in [5.74, 6) is -15.8. The molecule has 0 saturated heterocycles. The Morgan fingerprint density at radius 2 is 0.944 bits per heavy atom.